The molecular weight excluding hydrogens is 413 g/mol. The average Bonchev–Trinajstić information content (AvgIpc) is 3.37. The largest absolute Gasteiger partial charge is 0.480 e. The van der Waals surface area contributed by atoms with Crippen LogP contribution in [0.15, 0.2) is 30.7 Å². The zero-order valence-corrected chi connectivity index (χ0v) is 17.9. The molecule has 5 rings (SSSR count). The van der Waals surface area contributed by atoms with Gasteiger partial charge >= 0.3 is 0 Å². The molecule has 1 amide bonds. The van der Waals surface area contributed by atoms with Crippen LogP contribution in [0.1, 0.15) is 32.6 Å². The number of imidazole rings is 1. The Bertz CT molecular complexity index is 1290. The van der Waals surface area contributed by atoms with Crippen molar-refractivity contribution in [1.29, 1.82) is 0 Å². The number of anilines is 1. The SMILES string of the molecule is COc1nc(N[C@H]2CC[C@H](NC(C)=O)CC2)nc2[nH]cc(-c3ccc4ncc(F)n4c3)c12. The number of fused-ring (bicyclic) bond motifs is 2. The smallest absolute Gasteiger partial charge is 0.228 e. The fraction of sp³-hybridized carbons (Fsp3) is 0.364. The summed E-state index contributed by atoms with van der Waals surface area (Å²) in [5.41, 5.74) is 2.77. The molecule has 4 aromatic rings. The molecule has 0 aliphatic heterocycles. The van der Waals surface area contributed by atoms with Crippen LogP contribution in [-0.2, 0) is 4.79 Å². The molecule has 32 heavy (non-hydrogen) atoms. The summed E-state index contributed by atoms with van der Waals surface area (Å²) in [6.45, 7) is 1.55. The van der Waals surface area contributed by atoms with E-state index < -0.39 is 5.95 Å². The summed E-state index contributed by atoms with van der Waals surface area (Å²) in [4.78, 5) is 27.7. The highest BCUT2D eigenvalue weighted by molar-refractivity contribution is 5.97. The molecule has 4 aromatic heterocycles. The lowest BCUT2D eigenvalue weighted by Gasteiger charge is -2.29. The molecule has 4 heterocycles. The number of aromatic amines is 1. The van der Waals surface area contributed by atoms with Crippen LogP contribution < -0.4 is 15.4 Å². The van der Waals surface area contributed by atoms with Gasteiger partial charge in [-0.2, -0.15) is 14.4 Å². The lowest BCUT2D eigenvalue weighted by molar-refractivity contribution is -0.119. The molecule has 0 unspecified atom stereocenters. The number of carbonyl (C=O) groups excluding carboxylic acids is 1. The molecule has 0 saturated heterocycles. The summed E-state index contributed by atoms with van der Waals surface area (Å²) in [6, 6.07) is 4.09. The van der Waals surface area contributed by atoms with Gasteiger partial charge in [-0.25, -0.2) is 4.98 Å². The maximum absolute atomic E-state index is 14.0. The van der Waals surface area contributed by atoms with E-state index in [0.29, 0.717) is 23.1 Å². The summed E-state index contributed by atoms with van der Waals surface area (Å²) in [5.74, 6) is 0.510. The number of hydrogen-bond donors (Lipinski definition) is 3. The van der Waals surface area contributed by atoms with E-state index in [1.807, 2.05) is 12.3 Å². The number of nitrogens with zero attached hydrogens (tertiary/aromatic N) is 4. The normalized spacial score (nSPS) is 18.7. The molecule has 0 bridgehead atoms. The number of halogens is 1. The molecule has 0 radical (unpaired) electrons. The monoisotopic (exact) mass is 437 g/mol. The van der Waals surface area contributed by atoms with Crippen molar-refractivity contribution in [1.82, 2.24) is 29.7 Å². The van der Waals surface area contributed by atoms with Crippen LogP contribution in [0.2, 0.25) is 0 Å². The fourth-order valence-corrected chi connectivity index (χ4v) is 4.40. The molecule has 1 aliphatic carbocycles. The van der Waals surface area contributed by atoms with E-state index >= 15 is 0 Å². The van der Waals surface area contributed by atoms with Crippen molar-refractivity contribution in [3.05, 3.63) is 36.7 Å². The molecule has 0 atom stereocenters. The molecular formula is C22H24FN7O2. The van der Waals surface area contributed by atoms with E-state index in [9.17, 15) is 9.18 Å². The molecule has 9 nitrogen and oxygen atoms in total. The predicted octanol–water partition coefficient (Wildman–Crippen LogP) is 3.28. The van der Waals surface area contributed by atoms with Gasteiger partial charge < -0.3 is 20.4 Å². The number of pyridine rings is 1. The zero-order valence-electron chi connectivity index (χ0n) is 17.9. The first-order valence-electron chi connectivity index (χ1n) is 10.6. The van der Waals surface area contributed by atoms with Gasteiger partial charge in [0.05, 0.1) is 18.7 Å². The number of ether oxygens (including phenoxy) is 1. The van der Waals surface area contributed by atoms with Gasteiger partial charge in [-0.15, -0.1) is 0 Å². The van der Waals surface area contributed by atoms with E-state index in [4.69, 9.17) is 4.74 Å². The summed E-state index contributed by atoms with van der Waals surface area (Å²) in [7, 11) is 1.57. The molecule has 10 heteroatoms. The molecule has 1 fully saturated rings. The Labute approximate surface area is 183 Å². The third-order valence-corrected chi connectivity index (χ3v) is 5.93. The average molecular weight is 437 g/mol. The first-order chi connectivity index (χ1) is 15.5. The minimum Gasteiger partial charge on any atom is -0.480 e. The van der Waals surface area contributed by atoms with Crippen molar-refractivity contribution < 1.29 is 13.9 Å². The lowest BCUT2D eigenvalue weighted by atomic mass is 9.91. The fourth-order valence-electron chi connectivity index (χ4n) is 4.40. The van der Waals surface area contributed by atoms with Crippen LogP contribution >= 0.6 is 0 Å². The number of nitrogens with one attached hydrogen (secondary N) is 3. The van der Waals surface area contributed by atoms with Gasteiger partial charge in [0.25, 0.3) is 0 Å². The summed E-state index contributed by atoms with van der Waals surface area (Å²) in [6.07, 6.45) is 8.37. The molecule has 1 saturated carbocycles. The van der Waals surface area contributed by atoms with Gasteiger partial charge in [0.1, 0.15) is 11.3 Å². The Hall–Kier alpha value is -3.69. The third kappa shape index (κ3) is 3.72. The Morgan fingerprint density at radius 2 is 2.00 bits per heavy atom. The van der Waals surface area contributed by atoms with Gasteiger partial charge in [0.2, 0.25) is 23.7 Å². The maximum atomic E-state index is 14.0. The first kappa shape index (κ1) is 20.2. The van der Waals surface area contributed by atoms with Crippen molar-refractivity contribution in [3.8, 4) is 17.0 Å². The Morgan fingerprint density at radius 1 is 1.22 bits per heavy atom. The maximum Gasteiger partial charge on any atom is 0.228 e. The molecule has 1 aliphatic rings. The summed E-state index contributed by atoms with van der Waals surface area (Å²) >= 11 is 0. The number of methoxy groups -OCH3 is 1. The first-order valence-corrected chi connectivity index (χ1v) is 10.6. The van der Waals surface area contributed by atoms with Crippen LogP contribution in [-0.4, -0.2) is 49.4 Å². The Balaban J connectivity index is 1.41. The van der Waals surface area contributed by atoms with Crippen molar-refractivity contribution >= 4 is 28.5 Å². The van der Waals surface area contributed by atoms with Gasteiger partial charge in [-0.05, 0) is 37.8 Å². The number of amides is 1. The summed E-state index contributed by atoms with van der Waals surface area (Å²) < 4.78 is 21.0. The van der Waals surface area contributed by atoms with E-state index in [0.717, 1.165) is 42.2 Å². The minimum absolute atomic E-state index is 0.0115. The van der Waals surface area contributed by atoms with Crippen molar-refractivity contribution in [3.63, 3.8) is 0 Å². The molecule has 0 spiro atoms. The van der Waals surface area contributed by atoms with E-state index in [1.54, 1.807) is 26.3 Å². The highest BCUT2D eigenvalue weighted by Crippen LogP contribution is 2.35. The molecule has 0 aromatic carbocycles. The van der Waals surface area contributed by atoms with Crippen LogP contribution in [0.3, 0.4) is 0 Å². The van der Waals surface area contributed by atoms with E-state index in [1.165, 1.54) is 10.6 Å². The number of hydrogen-bond acceptors (Lipinski definition) is 6. The van der Waals surface area contributed by atoms with Crippen molar-refractivity contribution in [2.45, 2.75) is 44.7 Å². The minimum atomic E-state index is -0.426. The second-order valence-electron chi connectivity index (χ2n) is 8.10. The third-order valence-electron chi connectivity index (χ3n) is 5.93. The van der Waals surface area contributed by atoms with Gasteiger partial charge in [-0.1, -0.05) is 0 Å². The van der Waals surface area contributed by atoms with Crippen molar-refractivity contribution in [2.75, 3.05) is 12.4 Å². The number of H-pyrrole nitrogens is 1. The van der Waals surface area contributed by atoms with E-state index in [-0.39, 0.29) is 18.0 Å². The number of rotatable bonds is 5. The topological polar surface area (TPSA) is 109 Å². The highest BCUT2D eigenvalue weighted by atomic mass is 19.1. The van der Waals surface area contributed by atoms with Crippen LogP contribution in [0.5, 0.6) is 5.88 Å². The van der Waals surface area contributed by atoms with E-state index in [2.05, 4.69) is 30.6 Å². The van der Waals surface area contributed by atoms with Gasteiger partial charge in [0, 0.05) is 42.5 Å². The lowest BCUT2D eigenvalue weighted by Crippen LogP contribution is -2.39. The summed E-state index contributed by atoms with van der Waals surface area (Å²) in [5, 5.41) is 7.12. The number of aromatic nitrogens is 5. The number of carbonyl (C=O) groups is 1. The molecule has 166 valence electrons. The Kier molecular flexibility index (Phi) is 5.12. The van der Waals surface area contributed by atoms with Gasteiger partial charge in [-0.3, -0.25) is 9.20 Å². The van der Waals surface area contributed by atoms with Crippen LogP contribution in [0.4, 0.5) is 10.3 Å². The van der Waals surface area contributed by atoms with Crippen molar-refractivity contribution in [2.24, 2.45) is 0 Å². The second kappa shape index (κ2) is 8.10. The quantitative estimate of drug-likeness (QED) is 0.442. The van der Waals surface area contributed by atoms with Crippen LogP contribution in [0, 0.1) is 5.95 Å². The Morgan fingerprint density at radius 3 is 2.75 bits per heavy atom. The van der Waals surface area contributed by atoms with Crippen LogP contribution in [0.25, 0.3) is 27.8 Å². The highest BCUT2D eigenvalue weighted by Gasteiger charge is 2.23. The standard InChI is InChI=1S/C22H24FN7O2/c1-12(31)26-14-4-6-15(7-5-14)27-22-28-20-19(21(29-22)32-2)16(9-25-20)13-3-8-18-24-10-17(23)30(18)11-13/h3,8-11,14-15H,4-7H2,1-2H3,(H,26,31)(H2,25,27,28,29)/t14-,15-. The molecule has 3 N–H and O–H groups in total. The van der Waals surface area contributed by atoms with Gasteiger partial charge in [0.15, 0.2) is 0 Å². The second-order valence-corrected chi connectivity index (χ2v) is 8.10. The predicted molar refractivity (Wildman–Crippen MR) is 118 cm³/mol. The zero-order chi connectivity index (χ0) is 22.2.